The molecule has 1 heterocycles. The fourth-order valence-corrected chi connectivity index (χ4v) is 8.12. The van der Waals surface area contributed by atoms with Crippen LogP contribution in [0, 0.1) is 5.41 Å². The van der Waals surface area contributed by atoms with Crippen molar-refractivity contribution in [3.05, 3.63) is 113 Å². The third kappa shape index (κ3) is 3.45. The lowest BCUT2D eigenvalue weighted by Crippen LogP contribution is -2.59. The lowest BCUT2D eigenvalue weighted by molar-refractivity contribution is -0.130. The maximum atomic E-state index is 15.2. The smallest absolute Gasteiger partial charge is 0.189 e. The van der Waals surface area contributed by atoms with Crippen molar-refractivity contribution in [3.63, 3.8) is 0 Å². The average Bonchev–Trinajstić information content (AvgIpc) is 3.41. The van der Waals surface area contributed by atoms with Gasteiger partial charge >= 0.3 is 0 Å². The second-order valence-electron chi connectivity index (χ2n) is 11.6. The molecule has 4 atom stereocenters. The molecule has 1 unspecified atom stereocenters. The molecule has 2 aliphatic carbocycles. The first kappa shape index (κ1) is 25.7. The molecule has 4 aromatic rings. The van der Waals surface area contributed by atoms with Crippen molar-refractivity contribution in [2.75, 3.05) is 14.2 Å². The molecule has 1 N–H and O–H groups in total. The van der Waals surface area contributed by atoms with Crippen molar-refractivity contribution in [2.24, 2.45) is 5.41 Å². The molecular formula is C36H33NO4. The number of benzene rings is 4. The molecule has 1 aliphatic heterocycles. The lowest BCUT2D eigenvalue weighted by Gasteiger charge is -2.47. The maximum absolute atomic E-state index is 15.2. The van der Waals surface area contributed by atoms with Crippen LogP contribution in [-0.4, -0.2) is 31.8 Å². The molecule has 1 saturated heterocycles. The van der Waals surface area contributed by atoms with Crippen LogP contribution in [0.2, 0.25) is 0 Å². The van der Waals surface area contributed by atoms with E-state index in [2.05, 4.69) is 42.6 Å². The van der Waals surface area contributed by atoms with Crippen LogP contribution in [0.3, 0.4) is 0 Å². The van der Waals surface area contributed by atoms with Crippen LogP contribution >= 0.6 is 0 Å². The zero-order valence-corrected chi connectivity index (χ0v) is 23.6. The van der Waals surface area contributed by atoms with Crippen LogP contribution in [0.1, 0.15) is 59.2 Å². The average molecular weight is 544 g/mol. The van der Waals surface area contributed by atoms with E-state index >= 15 is 4.79 Å². The van der Waals surface area contributed by atoms with Gasteiger partial charge in [-0.25, -0.2) is 0 Å². The summed E-state index contributed by atoms with van der Waals surface area (Å²) in [4.78, 5) is 30.0. The number of allylic oxidation sites excluding steroid dienone is 1. The molecular weight excluding hydrogens is 510 g/mol. The molecule has 7 rings (SSSR count). The summed E-state index contributed by atoms with van der Waals surface area (Å²) in [5, 5.41) is 5.80. The summed E-state index contributed by atoms with van der Waals surface area (Å²) in [5.74, 6) is 1.39. The number of nitrogens with one attached hydrogen (secondary N) is 1. The van der Waals surface area contributed by atoms with Crippen LogP contribution in [0.4, 0.5) is 0 Å². The van der Waals surface area contributed by atoms with Gasteiger partial charge in [-0.05, 0) is 89.6 Å². The second kappa shape index (κ2) is 9.42. The lowest BCUT2D eigenvalue weighted by atomic mass is 9.52. The number of rotatable bonds is 4. The van der Waals surface area contributed by atoms with Gasteiger partial charge in [-0.2, -0.15) is 0 Å². The summed E-state index contributed by atoms with van der Waals surface area (Å²) in [6.07, 6.45) is 4.13. The number of Topliss-reactive ketones (excluding diaryl/α,β-unsaturated/α-hetero) is 2. The van der Waals surface area contributed by atoms with Gasteiger partial charge in [0.1, 0.15) is 17.0 Å². The molecule has 1 saturated carbocycles. The fraction of sp³-hybridized carbons (Fsp3) is 0.278. The highest BCUT2D eigenvalue weighted by molar-refractivity contribution is 6.24. The Morgan fingerprint density at radius 1 is 0.829 bits per heavy atom. The number of ketones is 2. The monoisotopic (exact) mass is 543 g/mol. The normalized spacial score (nSPS) is 27.8. The van der Waals surface area contributed by atoms with Crippen molar-refractivity contribution in [1.29, 1.82) is 0 Å². The van der Waals surface area contributed by atoms with Gasteiger partial charge in [-0.15, -0.1) is 0 Å². The van der Waals surface area contributed by atoms with Gasteiger partial charge in [0.25, 0.3) is 0 Å². The number of carbonyl (C=O) groups is 2. The van der Waals surface area contributed by atoms with E-state index in [4.69, 9.17) is 9.47 Å². The Hall–Kier alpha value is -4.22. The van der Waals surface area contributed by atoms with Gasteiger partial charge < -0.3 is 9.47 Å². The van der Waals surface area contributed by atoms with Crippen molar-refractivity contribution >= 4 is 28.4 Å². The van der Waals surface area contributed by atoms with E-state index in [-0.39, 0.29) is 23.5 Å². The molecule has 0 bridgehead atoms. The Morgan fingerprint density at radius 2 is 1.49 bits per heavy atom. The van der Waals surface area contributed by atoms with Crippen molar-refractivity contribution in [2.45, 2.75) is 43.7 Å². The van der Waals surface area contributed by atoms with Crippen LogP contribution in [0.5, 0.6) is 11.5 Å². The quantitative estimate of drug-likeness (QED) is 0.285. The third-order valence-electron chi connectivity index (χ3n) is 9.68. The predicted molar refractivity (Wildman–Crippen MR) is 161 cm³/mol. The molecule has 0 radical (unpaired) electrons. The molecule has 3 aliphatic rings. The summed E-state index contributed by atoms with van der Waals surface area (Å²) in [7, 11) is 3.30. The summed E-state index contributed by atoms with van der Waals surface area (Å²) >= 11 is 0. The summed E-state index contributed by atoms with van der Waals surface area (Å²) in [6, 6.07) is 27.7. The Kier molecular flexibility index (Phi) is 5.91. The van der Waals surface area contributed by atoms with Crippen LogP contribution in [-0.2, 0) is 10.3 Å². The van der Waals surface area contributed by atoms with E-state index in [1.54, 1.807) is 14.2 Å². The van der Waals surface area contributed by atoms with Gasteiger partial charge in [-0.3, -0.25) is 14.9 Å². The minimum Gasteiger partial charge on any atom is -0.497 e. The Morgan fingerprint density at radius 3 is 2.17 bits per heavy atom. The number of ether oxygens (including phenoxy) is 2. The highest BCUT2D eigenvalue weighted by Gasteiger charge is 2.73. The summed E-state index contributed by atoms with van der Waals surface area (Å²) in [6.45, 7) is 2.12. The van der Waals surface area contributed by atoms with E-state index < -0.39 is 11.0 Å². The van der Waals surface area contributed by atoms with Crippen molar-refractivity contribution in [1.82, 2.24) is 5.32 Å². The second-order valence-corrected chi connectivity index (χ2v) is 11.6. The van der Waals surface area contributed by atoms with Crippen LogP contribution in [0.25, 0.3) is 16.8 Å². The molecule has 2 fully saturated rings. The molecule has 0 aromatic heterocycles. The Balaban J connectivity index is 1.47. The summed E-state index contributed by atoms with van der Waals surface area (Å²) < 4.78 is 10.8. The van der Waals surface area contributed by atoms with E-state index in [0.717, 1.165) is 51.0 Å². The van der Waals surface area contributed by atoms with Crippen molar-refractivity contribution in [3.8, 4) is 11.5 Å². The number of methoxy groups -OCH3 is 2. The van der Waals surface area contributed by atoms with E-state index in [0.29, 0.717) is 18.4 Å². The summed E-state index contributed by atoms with van der Waals surface area (Å²) in [5.41, 5.74) is 2.23. The van der Waals surface area contributed by atoms with E-state index in [1.165, 1.54) is 0 Å². The molecule has 0 amide bonds. The number of fused-ring (bicyclic) bond motifs is 2. The van der Waals surface area contributed by atoms with Gasteiger partial charge in [0.2, 0.25) is 0 Å². The third-order valence-corrected chi connectivity index (χ3v) is 9.68. The van der Waals surface area contributed by atoms with Crippen LogP contribution in [0.15, 0.2) is 90.5 Å². The van der Waals surface area contributed by atoms with Gasteiger partial charge in [-0.1, -0.05) is 60.7 Å². The zero-order chi connectivity index (χ0) is 28.4. The predicted octanol–water partition coefficient (Wildman–Crippen LogP) is 6.85. The zero-order valence-electron chi connectivity index (χ0n) is 23.6. The Bertz CT molecular complexity index is 1720. The molecule has 41 heavy (non-hydrogen) atoms. The van der Waals surface area contributed by atoms with E-state index in [1.807, 2.05) is 60.7 Å². The number of hydrogen-bond donors (Lipinski definition) is 1. The van der Waals surface area contributed by atoms with Gasteiger partial charge in [0.05, 0.1) is 19.6 Å². The standard InChI is InChI=1S/C36H33NO4/c1-22-32(25-14-18-28(41-3)19-15-25)35(20-6-9-26(33(35)38)21-23-12-16-27(40-2)17-13-23)36(37-22)30-11-5-8-24-7-4-10-29(31(24)30)34(36)39/h4-5,7-8,10-19,21-22,32,37H,6,9,20H2,1-3H3/b26-21+/t22?,32-,35+,36+/m1/s1. The first-order valence-corrected chi connectivity index (χ1v) is 14.3. The SMILES string of the molecule is COc1ccc(/C=C2\CCC[C@@]3(C2=O)[C@@H](c2ccc(OC)cc2)C(C)N[C@@]32C(=O)c3cccc4cccc2c34)cc1. The molecule has 206 valence electrons. The highest BCUT2D eigenvalue weighted by Crippen LogP contribution is 2.65. The Labute approximate surface area is 240 Å². The van der Waals surface area contributed by atoms with E-state index in [9.17, 15) is 4.79 Å². The number of hydrogen-bond acceptors (Lipinski definition) is 5. The topological polar surface area (TPSA) is 64.6 Å². The fourth-order valence-electron chi connectivity index (χ4n) is 8.12. The van der Waals surface area contributed by atoms with Crippen LogP contribution < -0.4 is 14.8 Å². The minimum absolute atomic E-state index is 0.00575. The minimum atomic E-state index is -1.16. The molecule has 2 spiro atoms. The highest BCUT2D eigenvalue weighted by atomic mass is 16.5. The first-order chi connectivity index (χ1) is 19.9. The van der Waals surface area contributed by atoms with Gasteiger partial charge in [0, 0.05) is 17.5 Å². The van der Waals surface area contributed by atoms with Crippen molar-refractivity contribution < 1.29 is 19.1 Å². The largest absolute Gasteiger partial charge is 0.497 e. The van der Waals surface area contributed by atoms with Gasteiger partial charge in [0.15, 0.2) is 11.6 Å². The number of carbonyl (C=O) groups excluding carboxylic acids is 2. The first-order valence-electron chi connectivity index (χ1n) is 14.3. The molecule has 4 aromatic carbocycles. The molecule has 5 heteroatoms. The maximum Gasteiger partial charge on any atom is 0.189 e. The molecule has 5 nitrogen and oxygen atoms in total.